The number of ether oxygens (including phenoxy) is 8. The van der Waals surface area contributed by atoms with Gasteiger partial charge in [0.2, 0.25) is 0 Å². The summed E-state index contributed by atoms with van der Waals surface area (Å²) in [4.78, 5) is 97.4. The molecule has 12 aliphatic carbocycles. The number of esters is 8. The third-order valence-corrected chi connectivity index (χ3v) is 21.2. The first kappa shape index (κ1) is 64.7. The van der Waals surface area contributed by atoms with Gasteiger partial charge in [0.05, 0.1) is 33.5 Å². The molecule has 464 valence electrons. The average Bonchev–Trinajstić information content (AvgIpc) is 1.79. The zero-order valence-corrected chi connectivity index (χ0v) is 53.5. The minimum Gasteiger partial charge on any atom is -0.577 e. The van der Waals surface area contributed by atoms with Crippen molar-refractivity contribution in [1.29, 1.82) is 0 Å². The minimum atomic E-state index is -0.489. The molecule has 12 saturated carbocycles. The van der Waals surface area contributed by atoms with Crippen molar-refractivity contribution < 1.29 is 76.3 Å². The molecule has 14 rings (SSSR count). The van der Waals surface area contributed by atoms with Gasteiger partial charge in [-0.1, -0.05) is 27.0 Å². The summed E-state index contributed by atoms with van der Waals surface area (Å²) >= 11 is 0. The Kier molecular flexibility index (Phi) is 17.7. The fraction of sp³-hybridized carbons (Fsp3) is 0.818. The predicted molar refractivity (Wildman–Crippen MR) is 310 cm³/mol. The van der Waals surface area contributed by atoms with Crippen LogP contribution in [0.5, 0.6) is 0 Å². The Morgan fingerprint density at radius 1 is 0.506 bits per heavy atom. The fourth-order valence-electron chi connectivity index (χ4n) is 17.4. The van der Waals surface area contributed by atoms with Gasteiger partial charge < -0.3 is 47.8 Å². The maximum atomic E-state index is 13.0. The van der Waals surface area contributed by atoms with Gasteiger partial charge in [0.15, 0.2) is 0 Å². The van der Waals surface area contributed by atoms with Gasteiger partial charge in [0.1, 0.15) is 46.8 Å². The summed E-state index contributed by atoms with van der Waals surface area (Å²) in [7, 11) is 0. The maximum Gasteiger partial charge on any atom is 0.333 e. The first-order chi connectivity index (χ1) is 37.9. The molecule has 14 fully saturated rings. The van der Waals surface area contributed by atoms with E-state index < -0.39 is 44.1 Å². The zero-order valence-electron chi connectivity index (χ0n) is 52.3. The van der Waals surface area contributed by atoms with Crippen LogP contribution in [0.4, 0.5) is 0 Å². The zero-order chi connectivity index (χ0) is 60.2. The van der Waals surface area contributed by atoms with E-state index in [1.165, 1.54) is 6.42 Å². The van der Waals surface area contributed by atoms with Gasteiger partial charge in [-0.25, -0.2) is 9.59 Å². The number of carbonyl (C=O) groups is 8. The van der Waals surface area contributed by atoms with Crippen LogP contribution in [0.25, 0.3) is 0 Å². The topological polar surface area (TPSA) is 210 Å². The average molecular weight is 1180 g/mol. The van der Waals surface area contributed by atoms with Crippen LogP contribution in [0.1, 0.15) is 213 Å². The molecule has 0 aromatic rings. The van der Waals surface area contributed by atoms with Gasteiger partial charge in [0, 0.05) is 47.7 Å². The molecular formula is C66H98O16P-. The second-order valence-electron chi connectivity index (χ2n) is 31.2. The van der Waals surface area contributed by atoms with Crippen LogP contribution in [0.15, 0.2) is 24.3 Å². The van der Waals surface area contributed by atoms with Crippen molar-refractivity contribution in [3.63, 3.8) is 0 Å². The van der Waals surface area contributed by atoms with Gasteiger partial charge in [0.25, 0.3) is 0 Å². The number of hydrogen-bond donors (Lipinski definition) is 0. The fourth-order valence-corrected chi connectivity index (χ4v) is 17.4. The van der Waals surface area contributed by atoms with Crippen molar-refractivity contribution in [2.24, 2.45) is 80.8 Å². The Hall–Kier alpha value is -4.33. The van der Waals surface area contributed by atoms with Crippen molar-refractivity contribution in [3.05, 3.63) is 24.3 Å². The first-order valence-electron chi connectivity index (χ1n) is 31.0. The highest BCUT2D eigenvalue weighted by molar-refractivity contribution is 6.92. The monoisotopic (exact) mass is 1180 g/mol. The second kappa shape index (κ2) is 22.7. The summed E-state index contributed by atoms with van der Waals surface area (Å²) in [5, 5.41) is 0. The minimum absolute atomic E-state index is 0. The van der Waals surface area contributed by atoms with E-state index in [1.807, 2.05) is 83.1 Å². The summed E-state index contributed by atoms with van der Waals surface area (Å²) in [6.45, 7) is 33.7. The lowest BCUT2D eigenvalue weighted by Gasteiger charge is -2.60. The molecule has 0 amide bonds. The molecule has 14 unspecified atom stereocenters. The van der Waals surface area contributed by atoms with Gasteiger partial charge in [-0.15, -0.1) is 0 Å². The normalized spacial score (nSPS) is 39.0. The molecule has 0 radical (unpaired) electrons. The summed E-state index contributed by atoms with van der Waals surface area (Å²) in [5.74, 6) is 1.87. The van der Waals surface area contributed by atoms with Gasteiger partial charge >= 0.3 is 47.8 Å². The molecule has 0 aromatic carbocycles. The Labute approximate surface area is 496 Å². The molecule has 12 bridgehead atoms. The molecule has 14 aliphatic rings. The van der Waals surface area contributed by atoms with Crippen LogP contribution < -0.4 is 0 Å². The predicted octanol–water partition coefficient (Wildman–Crippen LogP) is 11.7. The van der Waals surface area contributed by atoms with Crippen molar-refractivity contribution in [2.45, 2.75) is 259 Å². The number of rotatable bonds is 12. The van der Waals surface area contributed by atoms with E-state index in [9.17, 15) is 38.4 Å². The molecule has 2 saturated heterocycles. The quantitative estimate of drug-likeness (QED) is 0.0770. The van der Waals surface area contributed by atoms with Crippen LogP contribution in [0.3, 0.4) is 0 Å². The van der Waals surface area contributed by atoms with E-state index in [1.54, 1.807) is 13.8 Å². The lowest BCUT2D eigenvalue weighted by molar-refractivity contribution is -0.222. The molecule has 17 heteroatoms. The molecule has 14 atom stereocenters. The smallest absolute Gasteiger partial charge is 0.333 e. The highest BCUT2D eigenvalue weighted by Gasteiger charge is 2.67. The number of hydrogen-bond acceptors (Lipinski definition) is 16. The van der Waals surface area contributed by atoms with Crippen molar-refractivity contribution >= 4 is 57.7 Å². The van der Waals surface area contributed by atoms with Crippen LogP contribution in [0, 0.1) is 80.8 Å². The van der Waals surface area contributed by atoms with Gasteiger partial charge in [-0.3, -0.25) is 28.8 Å². The number of carbonyl (C=O) groups excluding carboxylic acids is 8. The largest absolute Gasteiger partial charge is 0.577 e. The van der Waals surface area contributed by atoms with Crippen molar-refractivity contribution in [2.75, 3.05) is 0 Å². The second-order valence-corrected chi connectivity index (χ2v) is 31.2. The third kappa shape index (κ3) is 12.9. The van der Waals surface area contributed by atoms with Crippen LogP contribution in [0.2, 0.25) is 0 Å². The first-order valence-corrected chi connectivity index (χ1v) is 31.0. The van der Waals surface area contributed by atoms with E-state index in [4.69, 9.17) is 37.9 Å². The lowest BCUT2D eigenvalue weighted by Crippen LogP contribution is -2.61. The molecule has 83 heavy (non-hydrogen) atoms. The Bertz CT molecular complexity index is 2590. The molecule has 0 spiro atoms. The van der Waals surface area contributed by atoms with Gasteiger partial charge in [-0.05, 0) is 209 Å². The summed E-state index contributed by atoms with van der Waals surface area (Å²) < 4.78 is 45.2. The molecular weight excluding hydrogens is 1080 g/mol. The molecule has 2 aliphatic heterocycles. The van der Waals surface area contributed by atoms with Crippen LogP contribution >= 0.6 is 9.90 Å². The summed E-state index contributed by atoms with van der Waals surface area (Å²) in [5.41, 5.74) is -2.93. The third-order valence-electron chi connectivity index (χ3n) is 21.2. The summed E-state index contributed by atoms with van der Waals surface area (Å²) in [6, 6.07) is 0. The van der Waals surface area contributed by atoms with Crippen molar-refractivity contribution in [1.82, 2.24) is 0 Å². The van der Waals surface area contributed by atoms with E-state index in [2.05, 4.69) is 13.2 Å². The lowest BCUT2D eigenvalue weighted by atomic mass is 9.48. The van der Waals surface area contributed by atoms with E-state index in [-0.39, 0.29) is 99.8 Å². The highest BCUT2D eigenvalue weighted by Crippen LogP contribution is 2.65. The van der Waals surface area contributed by atoms with Crippen molar-refractivity contribution in [3.8, 4) is 0 Å². The number of fused-ring (bicyclic) bond motifs is 2. The maximum absolute atomic E-state index is 13.0. The Morgan fingerprint density at radius 3 is 1.23 bits per heavy atom. The Morgan fingerprint density at radius 2 is 0.867 bits per heavy atom. The highest BCUT2D eigenvalue weighted by atomic mass is 31.0. The van der Waals surface area contributed by atoms with Gasteiger partial charge in [-0.2, -0.15) is 0 Å². The van der Waals surface area contributed by atoms with E-state index in [0.717, 1.165) is 96.3 Å². The van der Waals surface area contributed by atoms with Crippen LogP contribution in [-0.4, -0.2) is 94.6 Å². The van der Waals surface area contributed by atoms with E-state index >= 15 is 0 Å². The molecule has 0 N–H and O–H groups in total. The van der Waals surface area contributed by atoms with Crippen LogP contribution in [-0.2, 0) is 76.3 Å². The van der Waals surface area contributed by atoms with E-state index in [0.29, 0.717) is 65.4 Å². The molecule has 16 nitrogen and oxygen atoms in total. The SMILES string of the molecule is C=C(C)C(=O)OC12CC3CC(C1)CC(C(=O)OC(C)(C)C)(C3)C2.C=C(C)C(=O)OC1C2CC3C(=O)OC1C3C2.CCC(C)(C)C(=O)OC12CC3CC(C1)CC(C(=O)OC(C)(C)C)(C3)C2.CCC(C)(C)C(=O)OC1C2CC3C(=O)OC1C3C2.[PH2-]. The molecule has 0 aromatic heterocycles. The summed E-state index contributed by atoms with van der Waals surface area (Å²) in [6.07, 6.45) is 15.0. The standard InChI is InChI=1S/C21H34O4.C19H28O4.C14H20O4.C12H14O4.H2P/c1-7-19(5,6)16(22)25-21-11-14-8-15(12-21)10-20(9-14,13-21)17(23)24-18(2,3)4;1-12(2)15(20)22-19-9-13-6-14(10-19)8-18(7-13,11-19)16(21)23-17(3,4)5;1-4-14(2,3)13(16)18-10-7-5-8-9(6-7)12(15)17-11(8)10;1-5(2)11(13)15-9-6-3-7-8(4-6)12(14)16-10(7)9;/h14-15H,7-13H2,1-6H3;13-14H,1,6-11H2,2-5H3;7-11H,4-6H2,1-3H3;6-10H,1,3-4H2,2H3;1H2/q;;;;-1. The molecule has 2 heterocycles. The Balaban J connectivity index is 0.000000146.